The zero-order valence-electron chi connectivity index (χ0n) is 10.6. The summed E-state index contributed by atoms with van der Waals surface area (Å²) >= 11 is 1.23. The minimum Gasteiger partial charge on any atom is -0.496 e. The Morgan fingerprint density at radius 2 is 2.29 bits per heavy atom. The number of fused-ring (bicyclic) bond motifs is 1. The fraction of sp³-hybridized carbons (Fsp3) is 0.500. The van der Waals surface area contributed by atoms with E-state index in [1.54, 1.807) is 14.0 Å². The lowest BCUT2D eigenvalue weighted by Gasteiger charge is -2.10. The quantitative estimate of drug-likeness (QED) is 0.706. The zero-order chi connectivity index (χ0) is 11.8. The average molecular weight is 209 g/mol. The van der Waals surface area contributed by atoms with E-state index in [-0.39, 0.29) is 0 Å². The molecule has 0 saturated carbocycles. The van der Waals surface area contributed by atoms with Crippen molar-refractivity contribution in [2.24, 2.45) is 0 Å². The number of aryl methyl sites for hydroxylation is 2. The number of rotatable bonds is 3. The molecule has 1 aromatic rings. The molecule has 0 aromatic heterocycles. The summed E-state index contributed by atoms with van der Waals surface area (Å²) in [7, 11) is 1.64. The summed E-state index contributed by atoms with van der Waals surface area (Å²) in [5.41, 5.74) is 1.45. The van der Waals surface area contributed by atoms with Gasteiger partial charge in [0.15, 0.2) is 0 Å². The second-order valence-electron chi connectivity index (χ2n) is 3.43. The van der Waals surface area contributed by atoms with E-state index in [0.717, 1.165) is 23.5 Å². The SMILES string of the molecule is [1H]C([2H])(C)Sc1cc2c(cc1OC)CCC2. The molecule has 0 radical (unpaired) electrons. The standard InChI is InChI=1S/C12H16OS/c1-3-14-12-8-10-6-4-5-9(10)7-11(12)13-2/h7-8H,3-6H2,1-2H3/i3DH. The van der Waals surface area contributed by atoms with E-state index in [9.17, 15) is 0 Å². The average Bonchev–Trinajstić information content (AvgIpc) is 2.60. The van der Waals surface area contributed by atoms with Crippen molar-refractivity contribution in [1.29, 1.82) is 0 Å². The molecule has 0 heterocycles. The van der Waals surface area contributed by atoms with Crippen molar-refractivity contribution in [2.45, 2.75) is 31.1 Å². The second-order valence-corrected chi connectivity index (χ2v) is 4.48. The molecule has 0 amide bonds. The van der Waals surface area contributed by atoms with Crippen molar-refractivity contribution in [3.05, 3.63) is 23.3 Å². The number of hydrogen-bond acceptors (Lipinski definition) is 2. The van der Waals surface area contributed by atoms with Gasteiger partial charge in [0.2, 0.25) is 0 Å². The maximum Gasteiger partial charge on any atom is 0.132 e. The summed E-state index contributed by atoms with van der Waals surface area (Å²) in [5, 5.41) is 0. The summed E-state index contributed by atoms with van der Waals surface area (Å²) in [6.45, 7) is 1.57. The molecule has 1 aliphatic carbocycles. The van der Waals surface area contributed by atoms with Crippen LogP contribution in [0.3, 0.4) is 0 Å². The lowest BCUT2D eigenvalue weighted by atomic mass is 10.1. The van der Waals surface area contributed by atoms with Crippen LogP contribution in [0, 0.1) is 0 Å². The lowest BCUT2D eigenvalue weighted by molar-refractivity contribution is 0.404. The van der Waals surface area contributed by atoms with Gasteiger partial charge in [0.1, 0.15) is 5.75 Å². The molecule has 1 nitrogen and oxygen atoms in total. The molecular formula is C12H16OS. The largest absolute Gasteiger partial charge is 0.496 e. The Hall–Kier alpha value is -0.630. The van der Waals surface area contributed by atoms with E-state index >= 15 is 0 Å². The van der Waals surface area contributed by atoms with Gasteiger partial charge >= 0.3 is 0 Å². The Balaban J connectivity index is 2.36. The Morgan fingerprint density at radius 1 is 1.57 bits per heavy atom. The summed E-state index contributed by atoms with van der Waals surface area (Å²) in [4.78, 5) is 0.913. The first-order chi connectivity index (χ1) is 7.49. The molecular weight excluding hydrogens is 192 g/mol. The zero-order valence-corrected chi connectivity index (χ0v) is 9.41. The van der Waals surface area contributed by atoms with Crippen molar-refractivity contribution in [2.75, 3.05) is 12.8 Å². The minimum atomic E-state index is -1.26. The second kappa shape index (κ2) is 4.26. The molecule has 0 saturated heterocycles. The molecule has 14 heavy (non-hydrogen) atoms. The maximum absolute atomic E-state index is 7.61. The first-order valence-corrected chi connectivity index (χ1v) is 5.70. The Morgan fingerprint density at radius 3 is 2.93 bits per heavy atom. The van der Waals surface area contributed by atoms with Gasteiger partial charge < -0.3 is 4.74 Å². The molecule has 0 bridgehead atoms. The highest BCUT2D eigenvalue weighted by atomic mass is 32.2. The van der Waals surface area contributed by atoms with Gasteiger partial charge in [-0.25, -0.2) is 0 Å². The third kappa shape index (κ3) is 1.76. The van der Waals surface area contributed by atoms with E-state index in [1.165, 1.54) is 29.3 Å². The van der Waals surface area contributed by atoms with Gasteiger partial charge in [-0.1, -0.05) is 6.92 Å². The highest BCUT2D eigenvalue weighted by Crippen LogP contribution is 2.35. The third-order valence-corrected chi connectivity index (χ3v) is 3.33. The van der Waals surface area contributed by atoms with Crippen LogP contribution >= 0.6 is 11.8 Å². The van der Waals surface area contributed by atoms with Gasteiger partial charge in [-0.3, -0.25) is 0 Å². The first kappa shape index (κ1) is 7.63. The molecule has 1 aliphatic rings. The lowest BCUT2D eigenvalue weighted by Crippen LogP contribution is -1.91. The monoisotopic (exact) mass is 209 g/mol. The summed E-state index contributed by atoms with van der Waals surface area (Å²) in [6.07, 6.45) is 3.43. The minimum absolute atomic E-state index is 0.802. The molecule has 0 aliphatic heterocycles. The molecule has 0 spiro atoms. The normalized spacial score (nSPS) is 20.7. The van der Waals surface area contributed by atoms with Crippen LogP contribution in [0.15, 0.2) is 17.0 Å². The predicted octanol–water partition coefficient (Wildman–Crippen LogP) is 3.30. The Kier molecular flexibility index (Phi) is 2.32. The van der Waals surface area contributed by atoms with Crippen LogP contribution < -0.4 is 4.74 Å². The van der Waals surface area contributed by atoms with Crippen molar-refractivity contribution < 1.29 is 7.48 Å². The topological polar surface area (TPSA) is 9.23 Å². The number of benzene rings is 1. The van der Waals surface area contributed by atoms with Crippen LogP contribution in [-0.2, 0) is 12.8 Å². The number of hydrogen-bond donors (Lipinski definition) is 0. The van der Waals surface area contributed by atoms with Gasteiger partial charge in [-0.15, -0.1) is 11.8 Å². The van der Waals surface area contributed by atoms with Crippen LogP contribution in [0.2, 0.25) is 0 Å². The van der Waals surface area contributed by atoms with Crippen molar-refractivity contribution in [3.63, 3.8) is 0 Å². The van der Waals surface area contributed by atoms with Crippen LogP contribution in [-0.4, -0.2) is 12.8 Å². The van der Waals surface area contributed by atoms with Gasteiger partial charge in [0.25, 0.3) is 0 Å². The number of ether oxygens (including phenoxy) is 1. The predicted molar refractivity (Wildman–Crippen MR) is 61.4 cm³/mol. The summed E-state index contributed by atoms with van der Waals surface area (Å²) in [6, 6.07) is 4.16. The van der Waals surface area contributed by atoms with E-state index in [1.807, 2.05) is 0 Å². The van der Waals surface area contributed by atoms with Crippen molar-refractivity contribution in [3.8, 4) is 5.75 Å². The van der Waals surface area contributed by atoms with Gasteiger partial charge in [-0.05, 0) is 48.2 Å². The highest BCUT2D eigenvalue weighted by molar-refractivity contribution is 7.99. The summed E-state index contributed by atoms with van der Waals surface area (Å²) in [5.74, 6) is 0.802. The van der Waals surface area contributed by atoms with Crippen molar-refractivity contribution in [1.82, 2.24) is 0 Å². The first-order valence-electron chi connectivity index (χ1n) is 5.88. The molecule has 1 atom stereocenters. The summed E-state index contributed by atoms with van der Waals surface area (Å²) < 4.78 is 20.6. The molecule has 2 rings (SSSR count). The maximum atomic E-state index is 7.61. The molecule has 1 unspecified atom stereocenters. The smallest absolute Gasteiger partial charge is 0.132 e. The van der Waals surface area contributed by atoms with E-state index in [0.29, 0.717) is 0 Å². The van der Waals surface area contributed by atoms with E-state index < -0.39 is 5.70 Å². The van der Waals surface area contributed by atoms with Crippen LogP contribution in [0.1, 0.15) is 27.2 Å². The Labute approximate surface area is 92.7 Å². The third-order valence-electron chi connectivity index (χ3n) is 2.59. The molecule has 76 valence electrons. The van der Waals surface area contributed by atoms with Gasteiger partial charge in [0.05, 0.1) is 7.11 Å². The number of methoxy groups -OCH3 is 1. The van der Waals surface area contributed by atoms with Gasteiger partial charge in [0, 0.05) is 7.64 Å². The molecule has 2 heteroatoms. The molecule has 0 fully saturated rings. The van der Waals surface area contributed by atoms with E-state index in [4.69, 9.17) is 7.48 Å². The van der Waals surface area contributed by atoms with Crippen LogP contribution in [0.25, 0.3) is 0 Å². The van der Waals surface area contributed by atoms with Crippen LogP contribution in [0.5, 0.6) is 5.75 Å². The van der Waals surface area contributed by atoms with E-state index in [2.05, 4.69) is 12.1 Å². The molecule has 0 N–H and O–H groups in total. The molecule has 1 aromatic carbocycles. The van der Waals surface area contributed by atoms with Gasteiger partial charge in [-0.2, -0.15) is 0 Å². The Bertz CT molecular complexity index is 399. The highest BCUT2D eigenvalue weighted by Gasteiger charge is 2.14. The fourth-order valence-electron chi connectivity index (χ4n) is 1.93. The van der Waals surface area contributed by atoms with Crippen LogP contribution in [0.4, 0.5) is 0 Å². The fourth-order valence-corrected chi connectivity index (χ4v) is 2.59. The van der Waals surface area contributed by atoms with Crippen molar-refractivity contribution >= 4 is 11.8 Å². The number of thioether (sulfide) groups is 1.